The first-order valence-electron chi connectivity index (χ1n) is 11.6. The number of hydrazone groups is 1. The zero-order valence-corrected chi connectivity index (χ0v) is 20.7. The van der Waals surface area contributed by atoms with Crippen molar-refractivity contribution >= 4 is 22.2 Å². The first kappa shape index (κ1) is 23.4. The van der Waals surface area contributed by atoms with E-state index in [2.05, 4.69) is 6.07 Å². The normalized spacial score (nSPS) is 15.1. The maximum Gasteiger partial charge on any atom is 0.203 e. The zero-order chi connectivity index (χ0) is 25.2. The lowest BCUT2D eigenvalue weighted by atomic mass is 9.95. The number of aromatic hydroxyl groups is 1. The summed E-state index contributed by atoms with van der Waals surface area (Å²) in [5.74, 6) is 2.57. The second-order valence-corrected chi connectivity index (χ2v) is 8.45. The van der Waals surface area contributed by atoms with Crippen molar-refractivity contribution in [2.24, 2.45) is 5.10 Å². The molecule has 36 heavy (non-hydrogen) atoms. The average molecular weight is 485 g/mol. The van der Waals surface area contributed by atoms with Crippen molar-refractivity contribution in [1.29, 1.82) is 0 Å². The minimum absolute atomic E-state index is 0.149. The van der Waals surface area contributed by atoms with Gasteiger partial charge in [0.2, 0.25) is 5.75 Å². The van der Waals surface area contributed by atoms with Crippen molar-refractivity contribution in [3.63, 3.8) is 0 Å². The van der Waals surface area contributed by atoms with E-state index in [0.29, 0.717) is 29.2 Å². The number of benzene rings is 4. The van der Waals surface area contributed by atoms with Gasteiger partial charge in [-0.1, -0.05) is 42.5 Å². The highest BCUT2D eigenvalue weighted by atomic mass is 16.5. The average Bonchev–Trinajstić information content (AvgIpc) is 3.37. The van der Waals surface area contributed by atoms with Gasteiger partial charge in [0.15, 0.2) is 11.5 Å². The molecule has 7 nitrogen and oxygen atoms in total. The van der Waals surface area contributed by atoms with E-state index in [4.69, 9.17) is 24.0 Å². The Labute approximate surface area is 210 Å². The molecule has 1 aliphatic rings. The Bertz CT molecular complexity index is 1420. The van der Waals surface area contributed by atoms with E-state index in [1.54, 1.807) is 28.4 Å². The second-order valence-electron chi connectivity index (χ2n) is 8.45. The molecule has 1 N–H and O–H groups in total. The van der Waals surface area contributed by atoms with Crippen LogP contribution in [0.1, 0.15) is 23.6 Å². The molecule has 7 heteroatoms. The number of phenolic OH excluding ortho intramolecular Hbond substituents is 1. The van der Waals surface area contributed by atoms with E-state index < -0.39 is 0 Å². The first-order valence-corrected chi connectivity index (χ1v) is 11.6. The molecule has 1 unspecified atom stereocenters. The number of nitrogens with zero attached hydrogens (tertiary/aromatic N) is 2. The van der Waals surface area contributed by atoms with E-state index in [0.717, 1.165) is 33.5 Å². The number of hydrogen-bond acceptors (Lipinski definition) is 7. The van der Waals surface area contributed by atoms with Gasteiger partial charge in [-0.25, -0.2) is 0 Å². The van der Waals surface area contributed by atoms with Crippen LogP contribution >= 0.6 is 0 Å². The van der Waals surface area contributed by atoms with Crippen LogP contribution in [0.4, 0.5) is 5.69 Å². The molecule has 4 aromatic carbocycles. The lowest BCUT2D eigenvalue weighted by molar-refractivity contribution is 0.324. The number of fused-ring (bicyclic) bond motifs is 1. The quantitative estimate of drug-likeness (QED) is 0.350. The molecule has 0 bridgehead atoms. The smallest absolute Gasteiger partial charge is 0.203 e. The molecule has 0 saturated heterocycles. The highest BCUT2D eigenvalue weighted by Gasteiger charge is 2.33. The summed E-state index contributed by atoms with van der Waals surface area (Å²) >= 11 is 0. The first-order chi connectivity index (χ1) is 17.6. The van der Waals surface area contributed by atoms with Crippen LogP contribution in [0.25, 0.3) is 10.8 Å². The molecule has 0 radical (unpaired) electrons. The Morgan fingerprint density at radius 2 is 1.56 bits per heavy atom. The van der Waals surface area contributed by atoms with Crippen LogP contribution in [-0.2, 0) is 0 Å². The highest BCUT2D eigenvalue weighted by Crippen LogP contribution is 2.46. The van der Waals surface area contributed by atoms with Crippen molar-refractivity contribution in [3.8, 4) is 28.7 Å². The molecule has 184 valence electrons. The van der Waals surface area contributed by atoms with Gasteiger partial charge in [-0.05, 0) is 29.1 Å². The van der Waals surface area contributed by atoms with Gasteiger partial charge in [0, 0.05) is 29.5 Å². The van der Waals surface area contributed by atoms with Crippen molar-refractivity contribution in [3.05, 3.63) is 83.9 Å². The maximum atomic E-state index is 11.2. The summed E-state index contributed by atoms with van der Waals surface area (Å²) in [6.07, 6.45) is 0.579. The van der Waals surface area contributed by atoms with Gasteiger partial charge in [0.1, 0.15) is 11.5 Å². The molecule has 0 saturated carbocycles. The van der Waals surface area contributed by atoms with Crippen LogP contribution in [0, 0.1) is 0 Å². The van der Waals surface area contributed by atoms with Crippen LogP contribution in [-0.4, -0.2) is 39.3 Å². The van der Waals surface area contributed by atoms with E-state index in [1.807, 2.05) is 71.7 Å². The predicted octanol–water partition coefficient (Wildman–Crippen LogP) is 5.94. The molecule has 1 aliphatic heterocycles. The van der Waals surface area contributed by atoms with E-state index in [-0.39, 0.29) is 11.8 Å². The Morgan fingerprint density at radius 3 is 2.25 bits per heavy atom. The minimum Gasteiger partial charge on any atom is -0.507 e. The van der Waals surface area contributed by atoms with E-state index >= 15 is 0 Å². The molecule has 4 aromatic rings. The summed E-state index contributed by atoms with van der Waals surface area (Å²) in [4.78, 5) is 0. The third-order valence-corrected chi connectivity index (χ3v) is 6.51. The molecule has 1 heterocycles. The van der Waals surface area contributed by atoms with Crippen molar-refractivity contribution in [2.45, 2.75) is 12.5 Å². The van der Waals surface area contributed by atoms with Gasteiger partial charge in [-0.15, -0.1) is 0 Å². The molecular weight excluding hydrogens is 456 g/mol. The largest absolute Gasteiger partial charge is 0.507 e. The van der Waals surface area contributed by atoms with Gasteiger partial charge < -0.3 is 24.1 Å². The summed E-state index contributed by atoms with van der Waals surface area (Å²) in [6.45, 7) is 0. The standard InChI is InChI=1S/C29H28N2O5/c1-33-21-10-7-9-19(14-21)25-17-24(23-13-12-18-8-5-6-11-22(18)28(23)32)30-31(25)20-15-26(34-2)29(36-4)27(16-20)35-3/h5-16,25,32H,17H2,1-4H3. The third kappa shape index (κ3) is 4.02. The molecule has 0 fully saturated rings. The molecule has 1 atom stereocenters. The van der Waals surface area contributed by atoms with Crippen molar-refractivity contribution in [2.75, 3.05) is 33.4 Å². The fourth-order valence-electron chi connectivity index (χ4n) is 4.71. The van der Waals surface area contributed by atoms with E-state index in [9.17, 15) is 5.11 Å². The summed E-state index contributed by atoms with van der Waals surface area (Å²) in [5.41, 5.74) is 3.28. The number of rotatable bonds is 7. The molecule has 0 amide bonds. The second kappa shape index (κ2) is 9.70. The van der Waals surface area contributed by atoms with Gasteiger partial charge in [-0.2, -0.15) is 5.10 Å². The van der Waals surface area contributed by atoms with Crippen LogP contribution in [0.2, 0.25) is 0 Å². The highest BCUT2D eigenvalue weighted by molar-refractivity contribution is 6.09. The van der Waals surface area contributed by atoms with Crippen LogP contribution < -0.4 is 24.0 Å². The topological polar surface area (TPSA) is 72.8 Å². The molecule has 5 rings (SSSR count). The fourth-order valence-corrected chi connectivity index (χ4v) is 4.71. The van der Waals surface area contributed by atoms with Gasteiger partial charge in [0.25, 0.3) is 0 Å². The lowest BCUT2D eigenvalue weighted by Gasteiger charge is -2.25. The Hall–Kier alpha value is -4.39. The summed E-state index contributed by atoms with van der Waals surface area (Å²) in [7, 11) is 6.41. The minimum atomic E-state index is -0.149. The summed E-state index contributed by atoms with van der Waals surface area (Å²) in [5, 5.41) is 19.9. The third-order valence-electron chi connectivity index (χ3n) is 6.51. The Balaban J connectivity index is 1.66. The van der Waals surface area contributed by atoms with Crippen molar-refractivity contribution < 1.29 is 24.1 Å². The number of ether oxygens (including phenoxy) is 4. The van der Waals surface area contributed by atoms with Gasteiger partial charge in [0.05, 0.1) is 45.9 Å². The van der Waals surface area contributed by atoms with Gasteiger partial charge >= 0.3 is 0 Å². The molecular formula is C29H28N2O5. The van der Waals surface area contributed by atoms with E-state index in [1.165, 1.54) is 0 Å². The molecule has 0 spiro atoms. The van der Waals surface area contributed by atoms with Crippen molar-refractivity contribution in [1.82, 2.24) is 0 Å². The number of methoxy groups -OCH3 is 4. The maximum absolute atomic E-state index is 11.2. The SMILES string of the molecule is COc1cccc(C2CC(c3ccc4ccccc4c3O)=NN2c2cc(OC)c(OC)c(OC)c2)c1. The van der Waals surface area contributed by atoms with Crippen LogP contribution in [0.3, 0.4) is 0 Å². The predicted molar refractivity (Wildman–Crippen MR) is 141 cm³/mol. The number of hydrogen-bond donors (Lipinski definition) is 1. The Morgan fingerprint density at radius 1 is 0.806 bits per heavy atom. The van der Waals surface area contributed by atoms with Crippen LogP contribution in [0.5, 0.6) is 28.7 Å². The monoisotopic (exact) mass is 484 g/mol. The zero-order valence-electron chi connectivity index (χ0n) is 20.7. The summed E-state index contributed by atoms with van der Waals surface area (Å²) < 4.78 is 22.2. The summed E-state index contributed by atoms with van der Waals surface area (Å²) in [6, 6.07) is 23.3. The lowest BCUT2D eigenvalue weighted by Crippen LogP contribution is -2.19. The molecule has 0 aromatic heterocycles. The number of anilines is 1. The molecule has 0 aliphatic carbocycles. The Kier molecular flexibility index (Phi) is 6.29. The number of phenols is 1. The fraction of sp³-hybridized carbons (Fsp3) is 0.207. The van der Waals surface area contributed by atoms with Gasteiger partial charge in [-0.3, -0.25) is 5.01 Å². The van der Waals surface area contributed by atoms with Crippen LogP contribution in [0.15, 0.2) is 77.9 Å².